The standard InChI is InChI=1S/C16H29N3O2/c1-4-15(5-2)19-8-6-13(18-19)10-16(3,20)11-14-12-21-9-7-17-14/h6,8,14-15,17,20H,4-5,7,9-12H2,1-3H3. The number of ether oxygens (including phenoxy) is 1. The van der Waals surface area contributed by atoms with Crippen LogP contribution in [0.4, 0.5) is 0 Å². The van der Waals surface area contributed by atoms with Crippen LogP contribution in [0.1, 0.15) is 51.8 Å². The van der Waals surface area contributed by atoms with Crippen molar-refractivity contribution in [3.8, 4) is 0 Å². The van der Waals surface area contributed by atoms with Gasteiger partial charge in [0, 0.05) is 25.2 Å². The molecule has 0 spiro atoms. The lowest BCUT2D eigenvalue weighted by Gasteiger charge is -2.31. The van der Waals surface area contributed by atoms with Crippen molar-refractivity contribution in [2.45, 2.75) is 64.1 Å². The lowest BCUT2D eigenvalue weighted by Crippen LogP contribution is -2.46. The highest BCUT2D eigenvalue weighted by Gasteiger charge is 2.28. The van der Waals surface area contributed by atoms with Crippen LogP contribution in [0.15, 0.2) is 12.3 Å². The molecule has 1 aromatic heterocycles. The molecule has 1 aromatic rings. The van der Waals surface area contributed by atoms with E-state index in [0.717, 1.165) is 31.7 Å². The van der Waals surface area contributed by atoms with Crippen molar-refractivity contribution in [2.75, 3.05) is 19.8 Å². The molecule has 2 heterocycles. The Labute approximate surface area is 127 Å². The van der Waals surface area contributed by atoms with Crippen LogP contribution < -0.4 is 5.32 Å². The SMILES string of the molecule is CCC(CC)n1ccc(CC(C)(O)CC2COCCN2)n1. The molecule has 2 unspecified atom stereocenters. The molecule has 0 aromatic carbocycles. The first-order valence-electron chi connectivity index (χ1n) is 8.11. The van der Waals surface area contributed by atoms with Gasteiger partial charge in [0.1, 0.15) is 0 Å². The summed E-state index contributed by atoms with van der Waals surface area (Å²) in [7, 11) is 0. The fraction of sp³-hybridized carbons (Fsp3) is 0.812. The highest BCUT2D eigenvalue weighted by atomic mass is 16.5. The second kappa shape index (κ2) is 7.38. The van der Waals surface area contributed by atoms with Gasteiger partial charge in [0.2, 0.25) is 0 Å². The third kappa shape index (κ3) is 4.80. The molecule has 2 N–H and O–H groups in total. The van der Waals surface area contributed by atoms with Gasteiger partial charge in [-0.05, 0) is 32.3 Å². The van der Waals surface area contributed by atoms with Crippen LogP contribution in [-0.2, 0) is 11.2 Å². The summed E-state index contributed by atoms with van der Waals surface area (Å²) < 4.78 is 7.48. The lowest BCUT2D eigenvalue weighted by atomic mass is 9.92. The number of morpholine rings is 1. The third-order valence-corrected chi connectivity index (χ3v) is 4.23. The maximum Gasteiger partial charge on any atom is 0.0691 e. The normalized spacial score (nSPS) is 22.4. The van der Waals surface area contributed by atoms with Crippen molar-refractivity contribution in [2.24, 2.45) is 0 Å². The maximum absolute atomic E-state index is 10.6. The first kappa shape index (κ1) is 16.5. The average molecular weight is 295 g/mol. The Morgan fingerprint density at radius 2 is 2.29 bits per heavy atom. The molecule has 0 radical (unpaired) electrons. The van der Waals surface area contributed by atoms with E-state index in [0.29, 0.717) is 25.5 Å². The summed E-state index contributed by atoms with van der Waals surface area (Å²) in [5.41, 5.74) is 0.203. The Morgan fingerprint density at radius 1 is 1.52 bits per heavy atom. The van der Waals surface area contributed by atoms with Gasteiger partial charge in [0.15, 0.2) is 0 Å². The van der Waals surface area contributed by atoms with Crippen LogP contribution in [0, 0.1) is 0 Å². The summed E-state index contributed by atoms with van der Waals surface area (Å²) in [6, 6.07) is 2.71. The fourth-order valence-electron chi connectivity index (χ4n) is 3.08. The van der Waals surface area contributed by atoms with E-state index in [-0.39, 0.29) is 6.04 Å². The molecule has 2 atom stereocenters. The second-order valence-corrected chi connectivity index (χ2v) is 6.36. The minimum absolute atomic E-state index is 0.231. The summed E-state index contributed by atoms with van der Waals surface area (Å²) in [5, 5.41) is 18.7. The summed E-state index contributed by atoms with van der Waals surface area (Å²) in [5.74, 6) is 0. The zero-order chi connectivity index (χ0) is 15.3. The smallest absolute Gasteiger partial charge is 0.0691 e. The Morgan fingerprint density at radius 3 is 2.90 bits per heavy atom. The number of aromatic nitrogens is 2. The lowest BCUT2D eigenvalue weighted by molar-refractivity contribution is 0.00586. The van der Waals surface area contributed by atoms with E-state index in [1.807, 2.05) is 23.9 Å². The van der Waals surface area contributed by atoms with E-state index in [1.165, 1.54) is 0 Å². The largest absolute Gasteiger partial charge is 0.390 e. The monoisotopic (exact) mass is 295 g/mol. The highest BCUT2D eigenvalue weighted by Crippen LogP contribution is 2.21. The Balaban J connectivity index is 1.92. The first-order valence-corrected chi connectivity index (χ1v) is 8.11. The Kier molecular flexibility index (Phi) is 5.79. The van der Waals surface area contributed by atoms with Crippen LogP contribution in [0.5, 0.6) is 0 Å². The molecule has 1 aliphatic heterocycles. The first-order chi connectivity index (χ1) is 10.0. The molecular weight excluding hydrogens is 266 g/mol. The van der Waals surface area contributed by atoms with Gasteiger partial charge in [0.25, 0.3) is 0 Å². The molecule has 0 aliphatic carbocycles. The summed E-state index contributed by atoms with van der Waals surface area (Å²) in [4.78, 5) is 0. The molecule has 0 saturated carbocycles. The number of hydrogen-bond acceptors (Lipinski definition) is 4. The molecule has 1 aliphatic rings. The van der Waals surface area contributed by atoms with Crippen molar-refractivity contribution in [1.29, 1.82) is 0 Å². The quantitative estimate of drug-likeness (QED) is 0.807. The predicted octanol–water partition coefficient (Wildman–Crippen LogP) is 1.92. The van der Waals surface area contributed by atoms with Crippen LogP contribution >= 0.6 is 0 Å². The maximum atomic E-state index is 10.6. The number of hydrogen-bond donors (Lipinski definition) is 2. The highest BCUT2D eigenvalue weighted by molar-refractivity contribution is 5.04. The molecule has 0 bridgehead atoms. The van der Waals surface area contributed by atoms with Gasteiger partial charge in [-0.2, -0.15) is 5.10 Å². The van der Waals surface area contributed by atoms with Gasteiger partial charge in [-0.3, -0.25) is 4.68 Å². The van der Waals surface area contributed by atoms with E-state index in [2.05, 4.69) is 24.3 Å². The summed E-state index contributed by atoms with van der Waals surface area (Å²) in [6.45, 7) is 8.56. The van der Waals surface area contributed by atoms with Crippen LogP contribution in [-0.4, -0.2) is 46.3 Å². The van der Waals surface area contributed by atoms with Crippen molar-refractivity contribution < 1.29 is 9.84 Å². The number of rotatable bonds is 7. The minimum Gasteiger partial charge on any atom is -0.390 e. The van der Waals surface area contributed by atoms with E-state index in [9.17, 15) is 5.11 Å². The third-order valence-electron chi connectivity index (χ3n) is 4.23. The molecule has 1 saturated heterocycles. The number of aliphatic hydroxyl groups is 1. The molecule has 21 heavy (non-hydrogen) atoms. The molecule has 1 fully saturated rings. The molecule has 5 nitrogen and oxygen atoms in total. The number of nitrogens with one attached hydrogen (secondary N) is 1. The van der Waals surface area contributed by atoms with Crippen LogP contribution in [0.2, 0.25) is 0 Å². The molecular formula is C16H29N3O2. The average Bonchev–Trinajstić information content (AvgIpc) is 2.88. The van der Waals surface area contributed by atoms with Crippen molar-refractivity contribution in [1.82, 2.24) is 15.1 Å². The number of nitrogens with zero attached hydrogens (tertiary/aromatic N) is 2. The van der Waals surface area contributed by atoms with Crippen LogP contribution in [0.25, 0.3) is 0 Å². The summed E-state index contributed by atoms with van der Waals surface area (Å²) in [6.07, 6.45) is 5.46. The Hall–Kier alpha value is -0.910. The zero-order valence-electron chi connectivity index (χ0n) is 13.5. The van der Waals surface area contributed by atoms with E-state index >= 15 is 0 Å². The van der Waals surface area contributed by atoms with E-state index < -0.39 is 5.60 Å². The summed E-state index contributed by atoms with van der Waals surface area (Å²) >= 11 is 0. The predicted molar refractivity (Wildman–Crippen MR) is 83.4 cm³/mol. The van der Waals surface area contributed by atoms with Gasteiger partial charge in [-0.15, -0.1) is 0 Å². The molecule has 120 valence electrons. The van der Waals surface area contributed by atoms with Gasteiger partial charge in [-0.25, -0.2) is 0 Å². The van der Waals surface area contributed by atoms with Crippen molar-refractivity contribution in [3.63, 3.8) is 0 Å². The van der Waals surface area contributed by atoms with E-state index in [1.54, 1.807) is 0 Å². The van der Waals surface area contributed by atoms with Gasteiger partial charge < -0.3 is 15.2 Å². The van der Waals surface area contributed by atoms with Crippen LogP contribution in [0.3, 0.4) is 0 Å². The van der Waals surface area contributed by atoms with Crippen molar-refractivity contribution in [3.05, 3.63) is 18.0 Å². The Bertz CT molecular complexity index is 421. The minimum atomic E-state index is -0.758. The van der Waals surface area contributed by atoms with Crippen molar-refractivity contribution >= 4 is 0 Å². The zero-order valence-corrected chi connectivity index (χ0v) is 13.5. The van der Waals surface area contributed by atoms with Gasteiger partial charge in [-0.1, -0.05) is 13.8 Å². The fourth-order valence-corrected chi connectivity index (χ4v) is 3.08. The second-order valence-electron chi connectivity index (χ2n) is 6.36. The van der Waals surface area contributed by atoms with Gasteiger partial charge in [0.05, 0.1) is 30.6 Å². The molecule has 0 amide bonds. The van der Waals surface area contributed by atoms with E-state index in [4.69, 9.17) is 4.74 Å². The van der Waals surface area contributed by atoms with Gasteiger partial charge >= 0.3 is 0 Å². The topological polar surface area (TPSA) is 59.3 Å². The molecule has 5 heteroatoms. The molecule has 2 rings (SSSR count).